The van der Waals surface area contributed by atoms with Crippen molar-refractivity contribution in [2.75, 3.05) is 69.7 Å². The third-order valence-electron chi connectivity index (χ3n) is 6.65. The predicted molar refractivity (Wildman–Crippen MR) is 134 cm³/mol. The Morgan fingerprint density at radius 1 is 1.11 bits per heavy atom. The van der Waals surface area contributed by atoms with Gasteiger partial charge in [0.15, 0.2) is 0 Å². The highest BCUT2D eigenvalue weighted by Crippen LogP contribution is 2.24. The first-order chi connectivity index (χ1) is 16.9. The van der Waals surface area contributed by atoms with Gasteiger partial charge in [0.05, 0.1) is 37.5 Å². The molecule has 3 heterocycles. The zero-order chi connectivity index (χ0) is 24.8. The van der Waals surface area contributed by atoms with Gasteiger partial charge in [0.25, 0.3) is 5.56 Å². The Balaban J connectivity index is 1.23. The van der Waals surface area contributed by atoms with Crippen molar-refractivity contribution >= 4 is 23.2 Å². The molecule has 2 aliphatic rings. The van der Waals surface area contributed by atoms with Gasteiger partial charge in [-0.25, -0.2) is 4.68 Å². The van der Waals surface area contributed by atoms with Crippen LogP contribution in [-0.4, -0.2) is 90.9 Å². The van der Waals surface area contributed by atoms with E-state index in [9.17, 15) is 14.4 Å². The van der Waals surface area contributed by atoms with Gasteiger partial charge in [0.2, 0.25) is 11.8 Å². The minimum atomic E-state index is -0.170. The molecule has 0 aliphatic carbocycles. The van der Waals surface area contributed by atoms with Crippen LogP contribution in [0.2, 0.25) is 0 Å². The number of ether oxygens (including phenoxy) is 1. The molecule has 1 unspecified atom stereocenters. The van der Waals surface area contributed by atoms with Gasteiger partial charge in [0.1, 0.15) is 0 Å². The molecule has 1 atom stereocenters. The van der Waals surface area contributed by atoms with E-state index in [0.29, 0.717) is 52.4 Å². The van der Waals surface area contributed by atoms with E-state index >= 15 is 0 Å². The number of hydrogen-bond acceptors (Lipinski definition) is 7. The van der Waals surface area contributed by atoms with Gasteiger partial charge < -0.3 is 19.9 Å². The summed E-state index contributed by atoms with van der Waals surface area (Å²) in [6.07, 6.45) is 2.44. The maximum Gasteiger partial charge on any atom is 0.268 e. The number of carbonyl (C=O) groups is 2. The number of amides is 2. The van der Waals surface area contributed by atoms with Crippen LogP contribution in [0.1, 0.15) is 12.0 Å². The minimum absolute atomic E-state index is 0.0437. The van der Waals surface area contributed by atoms with Crippen LogP contribution in [-0.2, 0) is 20.9 Å². The van der Waals surface area contributed by atoms with Gasteiger partial charge in [-0.15, -0.1) is 0 Å². The van der Waals surface area contributed by atoms with Gasteiger partial charge in [0, 0.05) is 58.1 Å². The lowest BCUT2D eigenvalue weighted by Gasteiger charge is -2.35. The summed E-state index contributed by atoms with van der Waals surface area (Å²) < 4.78 is 6.39. The number of anilines is 2. The van der Waals surface area contributed by atoms with Crippen LogP contribution < -0.4 is 15.8 Å². The van der Waals surface area contributed by atoms with Crippen molar-refractivity contribution in [2.24, 2.45) is 5.92 Å². The molecule has 10 heteroatoms. The number of hydrogen-bond donors (Lipinski definition) is 1. The van der Waals surface area contributed by atoms with E-state index in [2.05, 4.69) is 20.2 Å². The number of aryl methyl sites for hydroxylation is 1. The van der Waals surface area contributed by atoms with E-state index in [1.54, 1.807) is 19.4 Å². The maximum absolute atomic E-state index is 13.1. The van der Waals surface area contributed by atoms with Crippen LogP contribution in [0, 0.1) is 12.8 Å². The Kier molecular flexibility index (Phi) is 8.14. The molecule has 2 amide bonds. The Morgan fingerprint density at radius 3 is 2.54 bits per heavy atom. The van der Waals surface area contributed by atoms with E-state index < -0.39 is 0 Å². The molecular formula is C25H34N6O4. The van der Waals surface area contributed by atoms with Crippen molar-refractivity contribution in [1.82, 2.24) is 19.6 Å². The molecule has 4 rings (SSSR count). The molecule has 2 fully saturated rings. The van der Waals surface area contributed by atoms with Crippen molar-refractivity contribution < 1.29 is 14.3 Å². The minimum Gasteiger partial charge on any atom is -0.383 e. The van der Waals surface area contributed by atoms with E-state index in [1.807, 2.05) is 36.1 Å². The lowest BCUT2D eigenvalue weighted by Crippen LogP contribution is -2.52. The molecule has 188 valence electrons. The SMILES string of the molecule is COCCn1ncc(N2CCC(C(=O)N3CCN(CC(=O)Nc4ccc(C)cc4)CC3)C2)cc1=O. The highest BCUT2D eigenvalue weighted by molar-refractivity contribution is 5.92. The zero-order valence-electron chi connectivity index (χ0n) is 20.5. The average Bonchev–Trinajstić information content (AvgIpc) is 3.35. The van der Waals surface area contributed by atoms with Crippen molar-refractivity contribution in [3.8, 4) is 0 Å². The highest BCUT2D eigenvalue weighted by Gasteiger charge is 2.33. The lowest BCUT2D eigenvalue weighted by molar-refractivity contribution is -0.136. The summed E-state index contributed by atoms with van der Waals surface area (Å²) in [5.41, 5.74) is 2.53. The quantitative estimate of drug-likeness (QED) is 0.594. The van der Waals surface area contributed by atoms with E-state index in [0.717, 1.165) is 29.9 Å². The van der Waals surface area contributed by atoms with Gasteiger partial charge in [-0.1, -0.05) is 17.7 Å². The molecule has 0 bridgehead atoms. The van der Waals surface area contributed by atoms with E-state index in [1.165, 1.54) is 4.68 Å². The molecule has 2 saturated heterocycles. The summed E-state index contributed by atoms with van der Waals surface area (Å²) in [6.45, 7) is 7.05. The normalized spacial score (nSPS) is 18.6. The number of rotatable bonds is 8. The van der Waals surface area contributed by atoms with Crippen molar-refractivity contribution in [1.29, 1.82) is 0 Å². The summed E-state index contributed by atoms with van der Waals surface area (Å²) in [5.74, 6) is 0.0118. The lowest BCUT2D eigenvalue weighted by atomic mass is 10.1. The summed E-state index contributed by atoms with van der Waals surface area (Å²) in [5, 5.41) is 7.16. The first kappa shape index (κ1) is 24.9. The number of methoxy groups -OCH3 is 1. The van der Waals surface area contributed by atoms with Crippen LogP contribution in [0.5, 0.6) is 0 Å². The topological polar surface area (TPSA) is 100 Å². The number of aromatic nitrogens is 2. The second kappa shape index (κ2) is 11.5. The average molecular weight is 483 g/mol. The van der Waals surface area contributed by atoms with Crippen molar-refractivity contribution in [3.63, 3.8) is 0 Å². The fourth-order valence-corrected chi connectivity index (χ4v) is 4.56. The molecular weight excluding hydrogens is 448 g/mol. The Hall–Kier alpha value is -3.24. The third kappa shape index (κ3) is 6.46. The van der Waals surface area contributed by atoms with Crippen molar-refractivity contribution in [2.45, 2.75) is 19.9 Å². The number of benzene rings is 1. The molecule has 10 nitrogen and oxygen atoms in total. The van der Waals surface area contributed by atoms with Crippen LogP contribution in [0.25, 0.3) is 0 Å². The van der Waals surface area contributed by atoms with Crippen LogP contribution in [0.4, 0.5) is 11.4 Å². The Morgan fingerprint density at radius 2 is 1.86 bits per heavy atom. The van der Waals surface area contributed by atoms with E-state index in [4.69, 9.17) is 4.74 Å². The van der Waals surface area contributed by atoms with E-state index in [-0.39, 0.29) is 23.3 Å². The molecule has 2 aromatic rings. The van der Waals surface area contributed by atoms with Gasteiger partial charge in [-0.05, 0) is 25.5 Å². The Bertz CT molecular complexity index is 1080. The first-order valence-electron chi connectivity index (χ1n) is 12.1. The van der Waals surface area contributed by atoms with Crippen LogP contribution in [0.3, 0.4) is 0 Å². The molecule has 1 N–H and O–H groups in total. The van der Waals surface area contributed by atoms with Crippen LogP contribution >= 0.6 is 0 Å². The molecule has 0 spiro atoms. The molecule has 1 aromatic heterocycles. The summed E-state index contributed by atoms with van der Waals surface area (Å²) in [4.78, 5) is 43.8. The standard InChI is InChI=1S/C25H34N6O4/c1-19-3-5-21(6-4-19)27-23(32)18-28-9-11-29(12-10-28)25(34)20-7-8-30(17-20)22-15-24(33)31(26-16-22)13-14-35-2/h3-6,15-16,20H,7-14,17-18H2,1-2H3,(H,27,32). The van der Waals surface area contributed by atoms with Crippen molar-refractivity contribution in [3.05, 3.63) is 52.4 Å². The number of carbonyl (C=O) groups excluding carboxylic acids is 2. The Labute approximate surface area is 205 Å². The second-order valence-corrected chi connectivity index (χ2v) is 9.22. The third-order valence-corrected chi connectivity index (χ3v) is 6.65. The molecule has 2 aliphatic heterocycles. The zero-order valence-corrected chi connectivity index (χ0v) is 20.5. The number of nitrogens with zero attached hydrogens (tertiary/aromatic N) is 5. The fraction of sp³-hybridized carbons (Fsp3) is 0.520. The number of nitrogens with one attached hydrogen (secondary N) is 1. The first-order valence-corrected chi connectivity index (χ1v) is 12.1. The second-order valence-electron chi connectivity index (χ2n) is 9.22. The fourth-order valence-electron chi connectivity index (χ4n) is 4.56. The van der Waals surface area contributed by atoms with Gasteiger partial charge in [-0.2, -0.15) is 5.10 Å². The predicted octanol–water partition coefficient (Wildman–Crippen LogP) is 0.807. The largest absolute Gasteiger partial charge is 0.383 e. The maximum atomic E-state index is 13.1. The van der Waals surface area contributed by atoms with Crippen LogP contribution in [0.15, 0.2) is 41.3 Å². The van der Waals surface area contributed by atoms with Gasteiger partial charge in [-0.3, -0.25) is 19.3 Å². The smallest absolute Gasteiger partial charge is 0.268 e. The number of piperazine rings is 1. The monoisotopic (exact) mass is 482 g/mol. The van der Waals surface area contributed by atoms with Gasteiger partial charge >= 0.3 is 0 Å². The molecule has 0 saturated carbocycles. The summed E-state index contributed by atoms with van der Waals surface area (Å²) in [6, 6.07) is 9.32. The molecule has 0 radical (unpaired) electrons. The highest BCUT2D eigenvalue weighted by atomic mass is 16.5. The molecule has 1 aromatic carbocycles. The summed E-state index contributed by atoms with van der Waals surface area (Å²) in [7, 11) is 1.59. The summed E-state index contributed by atoms with van der Waals surface area (Å²) >= 11 is 0. The molecule has 35 heavy (non-hydrogen) atoms.